The molecule has 0 N–H and O–H groups in total. The zero-order valence-electron chi connectivity index (χ0n) is 8.65. The Balaban J connectivity index is 1.96. The van der Waals surface area contributed by atoms with Crippen LogP contribution in [0.2, 0.25) is 0 Å². The largest absolute Gasteiger partial charge is 0.0843 e. The Morgan fingerprint density at radius 2 is 1.87 bits per heavy atom. The quantitative estimate of drug-likeness (QED) is 0.688. The van der Waals surface area contributed by atoms with Gasteiger partial charge in [-0.15, -0.1) is 0 Å². The Labute approximate surface area is 96.3 Å². The van der Waals surface area contributed by atoms with Crippen LogP contribution in [0, 0.1) is 0 Å². The number of benzene rings is 1. The van der Waals surface area contributed by atoms with Crippen LogP contribution in [0.25, 0.3) is 0 Å². The maximum absolute atomic E-state index is 5.32. The molecule has 0 nitrogen and oxygen atoms in total. The summed E-state index contributed by atoms with van der Waals surface area (Å²) in [6, 6.07) is 10.6. The maximum atomic E-state index is 5.32. The molecule has 1 heteroatoms. The normalized spacial score (nSPS) is 15.2. The molecule has 0 saturated carbocycles. The Hall–Kier alpha value is -1.21. The molecule has 0 radical (unpaired) electrons. The van der Waals surface area contributed by atoms with Crippen LogP contribution in [0.5, 0.6) is 0 Å². The van der Waals surface area contributed by atoms with Gasteiger partial charge in [-0.05, 0) is 24.0 Å². The summed E-state index contributed by atoms with van der Waals surface area (Å²) in [5, 5.41) is 0. The summed E-state index contributed by atoms with van der Waals surface area (Å²) < 4.78 is 0. The minimum atomic E-state index is 0.940. The van der Waals surface area contributed by atoms with E-state index in [2.05, 4.69) is 48.6 Å². The van der Waals surface area contributed by atoms with Crippen molar-refractivity contribution >= 4 is 17.1 Å². The van der Waals surface area contributed by atoms with Gasteiger partial charge in [0.25, 0.3) is 0 Å². The van der Waals surface area contributed by atoms with Crippen molar-refractivity contribution in [2.24, 2.45) is 0 Å². The molecule has 0 amide bonds. The highest BCUT2D eigenvalue weighted by atomic mass is 32.1. The summed E-state index contributed by atoms with van der Waals surface area (Å²) >= 11 is 5.32. The van der Waals surface area contributed by atoms with Crippen molar-refractivity contribution in [3.63, 3.8) is 0 Å². The first-order valence-corrected chi connectivity index (χ1v) is 5.70. The van der Waals surface area contributed by atoms with Crippen LogP contribution in [-0.4, -0.2) is 4.86 Å². The third kappa shape index (κ3) is 2.87. The van der Waals surface area contributed by atoms with E-state index < -0.39 is 0 Å². The summed E-state index contributed by atoms with van der Waals surface area (Å²) in [6.45, 7) is 0. The Kier molecular flexibility index (Phi) is 3.46. The zero-order valence-corrected chi connectivity index (χ0v) is 9.46. The molecule has 0 aliphatic heterocycles. The number of allylic oxidation sites excluding steroid dienone is 4. The average Bonchev–Trinajstić information content (AvgIpc) is 2.29. The van der Waals surface area contributed by atoms with Gasteiger partial charge < -0.3 is 0 Å². The lowest BCUT2D eigenvalue weighted by Crippen LogP contribution is -2.02. The van der Waals surface area contributed by atoms with Crippen molar-refractivity contribution in [1.29, 1.82) is 0 Å². The van der Waals surface area contributed by atoms with Crippen LogP contribution < -0.4 is 0 Å². The third-order valence-electron chi connectivity index (χ3n) is 2.62. The van der Waals surface area contributed by atoms with Crippen molar-refractivity contribution in [3.8, 4) is 0 Å². The van der Waals surface area contributed by atoms with Gasteiger partial charge in [0.2, 0.25) is 0 Å². The highest BCUT2D eigenvalue weighted by Gasteiger charge is 2.06. The topological polar surface area (TPSA) is 0 Å². The molecule has 0 unspecified atom stereocenters. The fourth-order valence-corrected chi connectivity index (χ4v) is 2.00. The van der Waals surface area contributed by atoms with Crippen molar-refractivity contribution in [2.75, 3.05) is 0 Å². The monoisotopic (exact) mass is 214 g/mol. The Morgan fingerprint density at radius 1 is 1.07 bits per heavy atom. The fourth-order valence-electron chi connectivity index (χ4n) is 1.73. The van der Waals surface area contributed by atoms with Gasteiger partial charge in [-0.25, -0.2) is 0 Å². The molecule has 2 rings (SSSR count). The van der Waals surface area contributed by atoms with E-state index in [9.17, 15) is 0 Å². The molecule has 1 aliphatic rings. The minimum absolute atomic E-state index is 0.940. The van der Waals surface area contributed by atoms with Gasteiger partial charge in [0.05, 0.1) is 0 Å². The van der Waals surface area contributed by atoms with Gasteiger partial charge >= 0.3 is 0 Å². The van der Waals surface area contributed by atoms with Gasteiger partial charge in [-0.2, -0.15) is 0 Å². The van der Waals surface area contributed by atoms with Gasteiger partial charge in [0.15, 0.2) is 0 Å². The number of hydrogen-bond donors (Lipinski definition) is 0. The van der Waals surface area contributed by atoms with Crippen molar-refractivity contribution in [2.45, 2.75) is 19.3 Å². The molecular weight excluding hydrogens is 200 g/mol. The molecule has 1 aromatic rings. The van der Waals surface area contributed by atoms with Crippen molar-refractivity contribution in [3.05, 3.63) is 59.7 Å². The molecule has 1 aliphatic carbocycles. The van der Waals surface area contributed by atoms with E-state index in [0.29, 0.717) is 0 Å². The number of aryl methyl sites for hydroxylation is 1. The van der Waals surface area contributed by atoms with E-state index in [0.717, 1.165) is 24.1 Å². The molecule has 1 aromatic carbocycles. The van der Waals surface area contributed by atoms with Crippen molar-refractivity contribution in [1.82, 2.24) is 0 Å². The predicted octanol–water partition coefficient (Wildman–Crippen LogP) is 3.88. The standard InChI is InChI=1S/C14H14S/c15-14-9-5-4-8-13(14)11-10-12-6-2-1-3-7-12/h1-8H,9-11H2. The van der Waals surface area contributed by atoms with Gasteiger partial charge in [0, 0.05) is 11.3 Å². The van der Waals surface area contributed by atoms with Gasteiger partial charge in [-0.1, -0.05) is 60.8 Å². The van der Waals surface area contributed by atoms with Gasteiger partial charge in [-0.3, -0.25) is 0 Å². The molecule has 0 atom stereocenters. The summed E-state index contributed by atoms with van der Waals surface area (Å²) in [4.78, 5) is 1.11. The van der Waals surface area contributed by atoms with Crippen LogP contribution in [0.3, 0.4) is 0 Å². The van der Waals surface area contributed by atoms with Crippen LogP contribution in [0.4, 0.5) is 0 Å². The van der Waals surface area contributed by atoms with E-state index in [1.165, 1.54) is 11.1 Å². The molecule has 0 fully saturated rings. The summed E-state index contributed by atoms with van der Waals surface area (Å²) in [5.74, 6) is 0. The molecule has 0 aromatic heterocycles. The van der Waals surface area contributed by atoms with E-state index in [-0.39, 0.29) is 0 Å². The van der Waals surface area contributed by atoms with E-state index >= 15 is 0 Å². The fraction of sp³-hybridized carbons (Fsp3) is 0.214. The smallest absolute Gasteiger partial charge is 0.0222 e. The highest BCUT2D eigenvalue weighted by Crippen LogP contribution is 2.16. The van der Waals surface area contributed by atoms with Crippen LogP contribution in [0.1, 0.15) is 18.4 Å². The summed E-state index contributed by atoms with van der Waals surface area (Å²) in [5.41, 5.74) is 2.71. The molecule has 15 heavy (non-hydrogen) atoms. The third-order valence-corrected chi connectivity index (χ3v) is 3.05. The van der Waals surface area contributed by atoms with Gasteiger partial charge in [0.1, 0.15) is 0 Å². The second-order valence-corrected chi connectivity index (χ2v) is 4.23. The zero-order chi connectivity index (χ0) is 10.5. The lowest BCUT2D eigenvalue weighted by atomic mass is 9.98. The second-order valence-electron chi connectivity index (χ2n) is 3.73. The van der Waals surface area contributed by atoms with E-state index in [4.69, 9.17) is 12.2 Å². The van der Waals surface area contributed by atoms with Crippen molar-refractivity contribution < 1.29 is 0 Å². The summed E-state index contributed by atoms with van der Waals surface area (Å²) in [7, 11) is 0. The maximum Gasteiger partial charge on any atom is 0.0222 e. The molecular formula is C14H14S. The van der Waals surface area contributed by atoms with E-state index in [1.807, 2.05) is 0 Å². The highest BCUT2D eigenvalue weighted by molar-refractivity contribution is 7.80. The van der Waals surface area contributed by atoms with Crippen LogP contribution in [0.15, 0.2) is 54.1 Å². The number of thiocarbonyl (C=S) groups is 1. The second kappa shape index (κ2) is 5.04. The molecule has 76 valence electrons. The summed E-state index contributed by atoms with van der Waals surface area (Å²) in [6.07, 6.45) is 9.46. The first-order valence-electron chi connectivity index (χ1n) is 5.29. The number of hydrogen-bond acceptors (Lipinski definition) is 1. The molecule has 0 spiro atoms. The molecule has 0 bridgehead atoms. The van der Waals surface area contributed by atoms with E-state index in [1.54, 1.807) is 0 Å². The first kappa shape index (κ1) is 10.3. The number of rotatable bonds is 3. The predicted molar refractivity (Wildman–Crippen MR) is 69.2 cm³/mol. The minimum Gasteiger partial charge on any atom is -0.0843 e. The van der Waals surface area contributed by atoms with Crippen LogP contribution in [-0.2, 0) is 6.42 Å². The molecule has 0 saturated heterocycles. The lowest BCUT2D eigenvalue weighted by molar-refractivity contribution is 0.973. The average molecular weight is 214 g/mol. The van der Waals surface area contributed by atoms with Crippen LogP contribution >= 0.6 is 12.2 Å². The Bertz CT molecular complexity index is 399. The Morgan fingerprint density at radius 3 is 2.60 bits per heavy atom. The molecule has 0 heterocycles. The lowest BCUT2D eigenvalue weighted by Gasteiger charge is -2.10. The SMILES string of the molecule is S=C1CC=CC=C1CCc1ccccc1. The first-order chi connectivity index (χ1) is 7.36.